The molecule has 2 atom stereocenters. The fourth-order valence-electron chi connectivity index (χ4n) is 5.58. The number of nitriles is 1. The van der Waals surface area contributed by atoms with Gasteiger partial charge in [0.25, 0.3) is 0 Å². The molecule has 9 nitrogen and oxygen atoms in total. The van der Waals surface area contributed by atoms with Gasteiger partial charge in [-0.25, -0.2) is 4.79 Å². The number of hydrogen-bond donors (Lipinski definition) is 2. The van der Waals surface area contributed by atoms with Crippen LogP contribution in [0.3, 0.4) is 0 Å². The van der Waals surface area contributed by atoms with Crippen LogP contribution in [0.25, 0.3) is 0 Å². The molecule has 3 fully saturated rings. The summed E-state index contributed by atoms with van der Waals surface area (Å²) < 4.78 is 5.30. The van der Waals surface area contributed by atoms with Crippen LogP contribution >= 0.6 is 0 Å². The third-order valence-electron chi connectivity index (χ3n) is 7.48. The SMILES string of the molecule is N#CC1(NC(=O)C(CC2CCCCC2)NC(=O)ON2CCOCC2)CCCN(Cc2ccccc2)C1. The Hall–Kier alpha value is -2.67. The van der Waals surface area contributed by atoms with E-state index in [0.29, 0.717) is 51.6 Å². The van der Waals surface area contributed by atoms with E-state index >= 15 is 0 Å². The minimum atomic E-state index is -0.981. The molecule has 2 heterocycles. The number of benzene rings is 1. The molecule has 36 heavy (non-hydrogen) atoms. The van der Waals surface area contributed by atoms with Crippen molar-refractivity contribution in [1.29, 1.82) is 5.26 Å². The summed E-state index contributed by atoms with van der Waals surface area (Å²) in [6, 6.07) is 11.8. The molecule has 2 amide bonds. The van der Waals surface area contributed by atoms with Crippen molar-refractivity contribution in [2.24, 2.45) is 5.92 Å². The molecule has 2 unspecified atom stereocenters. The lowest BCUT2D eigenvalue weighted by molar-refractivity contribution is -0.147. The summed E-state index contributed by atoms with van der Waals surface area (Å²) in [6.07, 6.45) is 6.95. The van der Waals surface area contributed by atoms with Crippen molar-refractivity contribution in [2.75, 3.05) is 39.4 Å². The van der Waals surface area contributed by atoms with Crippen molar-refractivity contribution < 1.29 is 19.2 Å². The molecule has 1 saturated carbocycles. The van der Waals surface area contributed by atoms with Gasteiger partial charge in [-0.3, -0.25) is 9.69 Å². The average molecular weight is 498 g/mol. The lowest BCUT2D eigenvalue weighted by atomic mass is 9.84. The number of carbonyl (C=O) groups excluding carboxylic acids is 2. The zero-order valence-corrected chi connectivity index (χ0v) is 21.1. The Bertz CT molecular complexity index is 895. The molecule has 196 valence electrons. The minimum Gasteiger partial charge on any atom is -0.379 e. The first kappa shape index (κ1) is 26.4. The molecule has 9 heteroatoms. The Balaban J connectivity index is 1.40. The molecule has 0 spiro atoms. The van der Waals surface area contributed by atoms with E-state index in [0.717, 1.165) is 45.2 Å². The van der Waals surface area contributed by atoms with Crippen molar-refractivity contribution in [3.05, 3.63) is 35.9 Å². The fourth-order valence-corrected chi connectivity index (χ4v) is 5.58. The highest BCUT2D eigenvalue weighted by molar-refractivity contribution is 5.86. The van der Waals surface area contributed by atoms with E-state index in [4.69, 9.17) is 9.57 Å². The van der Waals surface area contributed by atoms with Crippen molar-refractivity contribution in [2.45, 2.75) is 69.5 Å². The monoisotopic (exact) mass is 497 g/mol. The number of rotatable bonds is 8. The van der Waals surface area contributed by atoms with Crippen LogP contribution in [0.15, 0.2) is 30.3 Å². The molecular weight excluding hydrogens is 458 g/mol. The third kappa shape index (κ3) is 7.66. The molecular formula is C27H39N5O4. The molecule has 4 rings (SSSR count). The zero-order valence-electron chi connectivity index (χ0n) is 21.1. The van der Waals surface area contributed by atoms with Gasteiger partial charge in [-0.1, -0.05) is 62.4 Å². The van der Waals surface area contributed by atoms with Gasteiger partial charge < -0.3 is 20.2 Å². The van der Waals surface area contributed by atoms with Gasteiger partial charge in [0.1, 0.15) is 11.6 Å². The number of hydroxylamine groups is 2. The maximum Gasteiger partial charge on any atom is 0.426 e. The highest BCUT2D eigenvalue weighted by Crippen LogP contribution is 2.28. The Morgan fingerprint density at radius 2 is 1.86 bits per heavy atom. The second-order valence-corrected chi connectivity index (χ2v) is 10.3. The highest BCUT2D eigenvalue weighted by Gasteiger charge is 2.39. The number of nitrogens with zero attached hydrogens (tertiary/aromatic N) is 3. The van der Waals surface area contributed by atoms with E-state index in [9.17, 15) is 14.9 Å². The Labute approximate surface area is 214 Å². The smallest absolute Gasteiger partial charge is 0.379 e. The maximum atomic E-state index is 13.6. The number of morpholine rings is 1. The largest absolute Gasteiger partial charge is 0.426 e. The van der Waals surface area contributed by atoms with E-state index in [2.05, 4.69) is 33.7 Å². The standard InChI is InChI=1S/C27H39N5O4/c28-20-27(12-7-13-31(21-27)19-23-10-5-2-6-11-23)30-25(33)24(18-22-8-3-1-4-9-22)29-26(34)36-32-14-16-35-17-15-32/h2,5-6,10-11,22,24H,1,3-4,7-9,12-19,21H2,(H,29,34)(H,30,33). The van der Waals surface area contributed by atoms with Gasteiger partial charge in [-0.15, -0.1) is 5.06 Å². The first-order valence-electron chi connectivity index (χ1n) is 13.4. The maximum absolute atomic E-state index is 13.6. The molecule has 2 aliphatic heterocycles. The summed E-state index contributed by atoms with van der Waals surface area (Å²) in [4.78, 5) is 33.9. The van der Waals surface area contributed by atoms with E-state index in [1.807, 2.05) is 18.2 Å². The Morgan fingerprint density at radius 3 is 2.58 bits per heavy atom. The number of likely N-dealkylation sites (tertiary alicyclic amines) is 1. The van der Waals surface area contributed by atoms with Crippen LogP contribution in [0.5, 0.6) is 0 Å². The molecule has 2 N–H and O–H groups in total. The Kier molecular flexibility index (Phi) is 9.56. The molecule has 1 aromatic rings. The molecule has 3 aliphatic rings. The second-order valence-electron chi connectivity index (χ2n) is 10.3. The lowest BCUT2D eigenvalue weighted by Crippen LogP contribution is -2.61. The summed E-state index contributed by atoms with van der Waals surface area (Å²) in [5.74, 6) is 0.0692. The van der Waals surface area contributed by atoms with Gasteiger partial charge in [-0.05, 0) is 37.3 Å². The van der Waals surface area contributed by atoms with E-state index in [1.54, 1.807) is 5.06 Å². The van der Waals surface area contributed by atoms with Crippen molar-refractivity contribution in [3.8, 4) is 6.07 Å². The number of nitrogens with one attached hydrogen (secondary N) is 2. The third-order valence-corrected chi connectivity index (χ3v) is 7.48. The first-order chi connectivity index (χ1) is 17.5. The van der Waals surface area contributed by atoms with Gasteiger partial charge in [-0.2, -0.15) is 5.26 Å². The van der Waals surface area contributed by atoms with Crippen LogP contribution in [-0.4, -0.2) is 72.9 Å². The van der Waals surface area contributed by atoms with Crippen LogP contribution in [0.4, 0.5) is 4.79 Å². The van der Waals surface area contributed by atoms with Crippen LogP contribution in [0.1, 0.15) is 56.9 Å². The predicted molar refractivity (Wildman–Crippen MR) is 134 cm³/mol. The molecule has 0 aromatic heterocycles. The quantitative estimate of drug-likeness (QED) is 0.569. The second kappa shape index (κ2) is 13.0. The topological polar surface area (TPSA) is 107 Å². The van der Waals surface area contributed by atoms with Gasteiger partial charge in [0.15, 0.2) is 0 Å². The molecule has 1 aromatic carbocycles. The number of amides is 2. The normalized spacial score (nSPS) is 24.9. The van der Waals surface area contributed by atoms with Crippen LogP contribution < -0.4 is 10.6 Å². The van der Waals surface area contributed by atoms with Crippen molar-refractivity contribution in [1.82, 2.24) is 20.6 Å². The molecule has 2 saturated heterocycles. The van der Waals surface area contributed by atoms with E-state index < -0.39 is 17.7 Å². The van der Waals surface area contributed by atoms with Crippen LogP contribution in [0, 0.1) is 17.2 Å². The van der Waals surface area contributed by atoms with E-state index in [1.165, 1.54) is 12.0 Å². The molecule has 0 bridgehead atoms. The van der Waals surface area contributed by atoms with Crippen molar-refractivity contribution in [3.63, 3.8) is 0 Å². The zero-order chi connectivity index (χ0) is 25.2. The van der Waals surface area contributed by atoms with Gasteiger partial charge >= 0.3 is 6.09 Å². The predicted octanol–water partition coefficient (Wildman–Crippen LogP) is 2.97. The fraction of sp³-hybridized carbons (Fsp3) is 0.667. The summed E-state index contributed by atoms with van der Waals surface area (Å²) in [7, 11) is 0. The number of ether oxygens (including phenoxy) is 1. The number of carbonyl (C=O) groups is 2. The van der Waals surface area contributed by atoms with Gasteiger partial charge in [0.05, 0.1) is 32.4 Å². The van der Waals surface area contributed by atoms with Gasteiger partial charge in [0.2, 0.25) is 5.91 Å². The van der Waals surface area contributed by atoms with Crippen LogP contribution in [0.2, 0.25) is 0 Å². The van der Waals surface area contributed by atoms with Gasteiger partial charge in [0, 0.05) is 13.1 Å². The summed E-state index contributed by atoms with van der Waals surface area (Å²) in [6.45, 7) is 4.08. The lowest BCUT2D eigenvalue weighted by Gasteiger charge is -2.39. The minimum absolute atomic E-state index is 0.303. The average Bonchev–Trinajstić information content (AvgIpc) is 2.90. The molecule has 1 aliphatic carbocycles. The number of piperidine rings is 1. The summed E-state index contributed by atoms with van der Waals surface area (Å²) in [5, 5.41) is 17.6. The summed E-state index contributed by atoms with van der Waals surface area (Å²) in [5.41, 5.74) is 0.199. The summed E-state index contributed by atoms with van der Waals surface area (Å²) >= 11 is 0. The van der Waals surface area contributed by atoms with Crippen molar-refractivity contribution >= 4 is 12.0 Å². The molecule has 0 radical (unpaired) electrons. The number of hydrogen-bond acceptors (Lipinski definition) is 7. The van der Waals surface area contributed by atoms with E-state index in [-0.39, 0.29) is 5.91 Å². The Morgan fingerprint density at radius 1 is 1.11 bits per heavy atom. The highest BCUT2D eigenvalue weighted by atomic mass is 16.7. The first-order valence-corrected chi connectivity index (χ1v) is 13.4. The van der Waals surface area contributed by atoms with Crippen LogP contribution in [-0.2, 0) is 20.9 Å².